The fourth-order valence-electron chi connectivity index (χ4n) is 1.80. The summed E-state index contributed by atoms with van der Waals surface area (Å²) in [4.78, 5) is 17.2. The number of hydrogen-bond donors (Lipinski definition) is 1. The molecule has 1 unspecified atom stereocenters. The summed E-state index contributed by atoms with van der Waals surface area (Å²) in [5.41, 5.74) is 0.106. The van der Waals surface area contributed by atoms with E-state index in [-0.39, 0.29) is 10.6 Å². The van der Waals surface area contributed by atoms with Crippen molar-refractivity contribution in [3.8, 4) is 0 Å². The second kappa shape index (κ2) is 5.14. The maximum absolute atomic E-state index is 11.0. The number of thioether (sulfide) groups is 1. The average molecular weight is 273 g/mol. The van der Waals surface area contributed by atoms with E-state index >= 15 is 0 Å². The molecule has 0 radical (unpaired) electrons. The highest BCUT2D eigenvalue weighted by Crippen LogP contribution is 2.26. The number of carbonyl (C=O) groups is 1. The molecule has 0 spiro atoms. The monoisotopic (exact) mass is 272 g/mol. The number of nitrogens with zero attached hydrogens (tertiary/aromatic N) is 2. The van der Waals surface area contributed by atoms with Crippen molar-refractivity contribution in [1.29, 1.82) is 0 Å². The van der Waals surface area contributed by atoms with E-state index < -0.39 is 5.97 Å². The molecule has 4 nitrogen and oxygen atoms in total. The van der Waals surface area contributed by atoms with Gasteiger partial charge in [-0.2, -0.15) is 11.8 Å². The Labute approximate surface area is 109 Å². The number of carboxylic acid groups (broad SMARTS) is 1. The minimum Gasteiger partial charge on any atom is -0.478 e. The van der Waals surface area contributed by atoms with Gasteiger partial charge in [-0.1, -0.05) is 11.6 Å². The first-order valence-corrected chi connectivity index (χ1v) is 6.82. The molecule has 17 heavy (non-hydrogen) atoms. The third-order valence-corrected chi connectivity index (χ3v) is 4.33. The number of aromatic carboxylic acids is 1. The molecule has 1 N–H and O–H groups in total. The van der Waals surface area contributed by atoms with Gasteiger partial charge in [-0.3, -0.25) is 0 Å². The molecule has 1 aliphatic rings. The summed E-state index contributed by atoms with van der Waals surface area (Å²) >= 11 is 7.70. The van der Waals surface area contributed by atoms with Crippen molar-refractivity contribution in [2.24, 2.45) is 0 Å². The van der Waals surface area contributed by atoms with Crippen LogP contribution in [0.4, 0.5) is 5.82 Å². The van der Waals surface area contributed by atoms with Gasteiger partial charge in [0.1, 0.15) is 5.82 Å². The van der Waals surface area contributed by atoms with Gasteiger partial charge in [-0.25, -0.2) is 9.78 Å². The molecule has 0 bridgehead atoms. The van der Waals surface area contributed by atoms with Gasteiger partial charge in [0.2, 0.25) is 0 Å². The Balaban J connectivity index is 2.26. The number of rotatable bonds is 3. The molecule has 0 saturated carbocycles. The lowest BCUT2D eigenvalue weighted by molar-refractivity contribution is 0.0697. The zero-order valence-electron chi connectivity index (χ0n) is 9.39. The quantitative estimate of drug-likeness (QED) is 0.916. The summed E-state index contributed by atoms with van der Waals surface area (Å²) in [5, 5.41) is 9.18. The van der Waals surface area contributed by atoms with Crippen molar-refractivity contribution in [3.05, 3.63) is 22.8 Å². The lowest BCUT2D eigenvalue weighted by Crippen LogP contribution is -2.32. The van der Waals surface area contributed by atoms with Gasteiger partial charge in [0.05, 0.1) is 10.6 Å². The van der Waals surface area contributed by atoms with Crippen LogP contribution in [0.25, 0.3) is 0 Å². The van der Waals surface area contributed by atoms with E-state index in [0.717, 1.165) is 17.9 Å². The zero-order chi connectivity index (χ0) is 12.4. The van der Waals surface area contributed by atoms with Crippen LogP contribution in [0.3, 0.4) is 0 Å². The van der Waals surface area contributed by atoms with E-state index in [1.165, 1.54) is 12.3 Å². The SMILES string of the molecule is CN(c1cc(C(=O)O)c(Cl)cn1)C1CCSC1. The molecule has 1 aromatic heterocycles. The molecule has 1 atom stereocenters. The lowest BCUT2D eigenvalue weighted by Gasteiger charge is -2.25. The smallest absolute Gasteiger partial charge is 0.337 e. The fourth-order valence-corrected chi connectivity index (χ4v) is 3.25. The molecule has 1 aliphatic heterocycles. The third-order valence-electron chi connectivity index (χ3n) is 2.89. The average Bonchev–Trinajstić information content (AvgIpc) is 2.81. The first-order chi connectivity index (χ1) is 8.09. The van der Waals surface area contributed by atoms with Crippen LogP contribution >= 0.6 is 23.4 Å². The Kier molecular flexibility index (Phi) is 3.79. The maximum atomic E-state index is 11.0. The van der Waals surface area contributed by atoms with Crippen LogP contribution in [-0.4, -0.2) is 40.7 Å². The zero-order valence-corrected chi connectivity index (χ0v) is 11.0. The second-order valence-corrected chi connectivity index (χ2v) is 5.51. The van der Waals surface area contributed by atoms with Crippen LogP contribution in [0, 0.1) is 0 Å². The highest BCUT2D eigenvalue weighted by Gasteiger charge is 2.22. The Morgan fingerprint density at radius 3 is 3.06 bits per heavy atom. The summed E-state index contributed by atoms with van der Waals surface area (Å²) in [5.74, 6) is 1.85. The molecule has 2 rings (SSSR count). The van der Waals surface area contributed by atoms with Crippen molar-refractivity contribution in [1.82, 2.24) is 4.98 Å². The molecule has 2 heterocycles. The van der Waals surface area contributed by atoms with Crippen LogP contribution in [0.1, 0.15) is 16.8 Å². The molecule has 1 aromatic rings. The van der Waals surface area contributed by atoms with Crippen LogP contribution < -0.4 is 4.90 Å². The van der Waals surface area contributed by atoms with E-state index in [1.807, 2.05) is 23.7 Å². The summed E-state index contributed by atoms with van der Waals surface area (Å²) in [6, 6.07) is 1.96. The van der Waals surface area contributed by atoms with Crippen molar-refractivity contribution < 1.29 is 9.90 Å². The van der Waals surface area contributed by atoms with Gasteiger partial charge < -0.3 is 10.0 Å². The molecular formula is C11H13ClN2O2S. The van der Waals surface area contributed by atoms with Crippen molar-refractivity contribution in [3.63, 3.8) is 0 Å². The van der Waals surface area contributed by atoms with Crippen molar-refractivity contribution >= 4 is 35.1 Å². The Hall–Kier alpha value is -0.940. The predicted octanol–water partition coefficient (Wildman–Crippen LogP) is 2.37. The summed E-state index contributed by atoms with van der Waals surface area (Å²) in [6.45, 7) is 0. The first kappa shape index (κ1) is 12.5. The molecule has 0 aliphatic carbocycles. The first-order valence-electron chi connectivity index (χ1n) is 5.29. The van der Waals surface area contributed by atoms with E-state index in [4.69, 9.17) is 16.7 Å². The number of aromatic nitrogens is 1. The van der Waals surface area contributed by atoms with E-state index in [2.05, 4.69) is 4.98 Å². The van der Waals surface area contributed by atoms with Crippen LogP contribution in [-0.2, 0) is 0 Å². The van der Waals surface area contributed by atoms with Gasteiger partial charge in [-0.05, 0) is 18.2 Å². The Morgan fingerprint density at radius 1 is 1.71 bits per heavy atom. The van der Waals surface area contributed by atoms with Gasteiger partial charge in [0.25, 0.3) is 0 Å². The molecule has 1 saturated heterocycles. The van der Waals surface area contributed by atoms with Crippen LogP contribution in [0.15, 0.2) is 12.3 Å². The molecular weight excluding hydrogens is 260 g/mol. The maximum Gasteiger partial charge on any atom is 0.337 e. The Morgan fingerprint density at radius 2 is 2.47 bits per heavy atom. The van der Waals surface area contributed by atoms with Gasteiger partial charge in [0.15, 0.2) is 0 Å². The summed E-state index contributed by atoms with van der Waals surface area (Å²) < 4.78 is 0. The lowest BCUT2D eigenvalue weighted by atomic mass is 10.2. The van der Waals surface area contributed by atoms with Crippen LogP contribution in [0.5, 0.6) is 0 Å². The number of anilines is 1. The second-order valence-electron chi connectivity index (χ2n) is 3.96. The predicted molar refractivity (Wildman–Crippen MR) is 70.3 cm³/mol. The van der Waals surface area contributed by atoms with Crippen molar-refractivity contribution in [2.75, 3.05) is 23.5 Å². The van der Waals surface area contributed by atoms with E-state index in [9.17, 15) is 4.79 Å². The summed E-state index contributed by atoms with van der Waals surface area (Å²) in [7, 11) is 1.94. The molecule has 92 valence electrons. The molecule has 1 fully saturated rings. The van der Waals surface area contributed by atoms with Gasteiger partial charge in [-0.15, -0.1) is 0 Å². The normalized spacial score (nSPS) is 19.3. The number of carboxylic acids is 1. The standard InChI is InChI=1S/C11H13ClN2O2S/c1-14(7-2-3-17-6-7)10-4-8(11(15)16)9(12)5-13-10/h4-5,7H,2-3,6H2,1H3,(H,15,16). The Bertz CT molecular complexity index is 435. The number of pyridine rings is 1. The summed E-state index contributed by atoms with van der Waals surface area (Å²) in [6.07, 6.45) is 2.51. The van der Waals surface area contributed by atoms with Crippen LogP contribution in [0.2, 0.25) is 5.02 Å². The van der Waals surface area contributed by atoms with Gasteiger partial charge >= 0.3 is 5.97 Å². The number of halogens is 1. The highest BCUT2D eigenvalue weighted by atomic mass is 35.5. The largest absolute Gasteiger partial charge is 0.478 e. The minimum absolute atomic E-state index is 0.106. The fraction of sp³-hybridized carbons (Fsp3) is 0.455. The third kappa shape index (κ3) is 2.66. The topological polar surface area (TPSA) is 53.4 Å². The van der Waals surface area contributed by atoms with Gasteiger partial charge in [0, 0.05) is 25.0 Å². The molecule has 0 aromatic carbocycles. The minimum atomic E-state index is -1.02. The molecule has 0 amide bonds. The van der Waals surface area contributed by atoms with E-state index in [0.29, 0.717) is 11.9 Å². The number of hydrogen-bond acceptors (Lipinski definition) is 4. The van der Waals surface area contributed by atoms with Crippen molar-refractivity contribution in [2.45, 2.75) is 12.5 Å². The molecule has 6 heteroatoms. The van der Waals surface area contributed by atoms with E-state index in [1.54, 1.807) is 0 Å². The highest BCUT2D eigenvalue weighted by molar-refractivity contribution is 7.99.